The molecule has 192 valence electrons. The molecule has 1 unspecified atom stereocenters. The molecule has 0 fully saturated rings. The third-order valence-corrected chi connectivity index (χ3v) is 7.96. The number of sulfonamides is 1. The first-order valence-corrected chi connectivity index (χ1v) is 13.1. The van der Waals surface area contributed by atoms with Gasteiger partial charge in [-0.2, -0.15) is 0 Å². The van der Waals surface area contributed by atoms with E-state index in [0.29, 0.717) is 12.1 Å². The largest absolute Gasteiger partial charge is 0.489 e. The van der Waals surface area contributed by atoms with Crippen LogP contribution in [0, 0.1) is 11.7 Å². The predicted octanol–water partition coefficient (Wildman–Crippen LogP) is 4.13. The molecule has 1 N–H and O–H groups in total. The maximum absolute atomic E-state index is 14.2. The number of anilines is 1. The number of rotatable bonds is 9. The molecule has 0 amide bonds. The van der Waals surface area contributed by atoms with Crippen molar-refractivity contribution >= 4 is 33.3 Å². The van der Waals surface area contributed by atoms with Crippen LogP contribution in [0.4, 0.5) is 10.1 Å². The Kier molecular flexibility index (Phi) is 7.41. The first-order valence-electron chi connectivity index (χ1n) is 11.3. The fourth-order valence-electron chi connectivity index (χ4n) is 3.97. The van der Waals surface area contributed by atoms with E-state index in [2.05, 4.69) is 5.10 Å². The Bertz CT molecular complexity index is 1370. The van der Waals surface area contributed by atoms with Crippen LogP contribution in [-0.2, 0) is 34.4 Å². The number of hydrogen-bond donors (Lipinski definition) is 1. The maximum atomic E-state index is 14.2. The van der Waals surface area contributed by atoms with E-state index in [1.165, 1.54) is 29.1 Å². The van der Waals surface area contributed by atoms with E-state index in [1.807, 2.05) is 0 Å². The zero-order valence-corrected chi connectivity index (χ0v) is 21.2. The minimum absolute atomic E-state index is 0.0556. The molecule has 2 aromatic carbocycles. The molecule has 0 bridgehead atoms. The number of carboxylic acids is 1. The van der Waals surface area contributed by atoms with E-state index in [4.69, 9.17) is 21.1 Å². The molecule has 1 atom stereocenters. The van der Waals surface area contributed by atoms with Crippen molar-refractivity contribution in [1.82, 2.24) is 9.78 Å². The van der Waals surface area contributed by atoms with E-state index in [1.54, 1.807) is 32.0 Å². The number of carboxylic acid groups (broad SMARTS) is 1. The van der Waals surface area contributed by atoms with Gasteiger partial charge in [0.15, 0.2) is 4.90 Å². The van der Waals surface area contributed by atoms with Gasteiger partial charge in [0, 0.05) is 30.9 Å². The van der Waals surface area contributed by atoms with Crippen molar-refractivity contribution in [2.24, 2.45) is 5.92 Å². The monoisotopic (exact) mass is 537 g/mol. The first-order chi connectivity index (χ1) is 17.1. The van der Waals surface area contributed by atoms with Crippen molar-refractivity contribution < 1.29 is 32.2 Å². The summed E-state index contributed by atoms with van der Waals surface area (Å²) in [7, 11) is -4.26. The summed E-state index contributed by atoms with van der Waals surface area (Å²) in [5.41, 5.74) is 0.964. The van der Waals surface area contributed by atoms with Gasteiger partial charge in [-0.05, 0) is 44.0 Å². The number of fused-ring (bicyclic) bond motifs is 1. The fourth-order valence-corrected chi connectivity index (χ4v) is 5.80. The lowest BCUT2D eigenvalue weighted by atomic mass is 9.94. The van der Waals surface area contributed by atoms with E-state index < -0.39 is 27.7 Å². The van der Waals surface area contributed by atoms with E-state index >= 15 is 0 Å². The van der Waals surface area contributed by atoms with Crippen molar-refractivity contribution in [2.75, 3.05) is 17.5 Å². The highest BCUT2D eigenvalue weighted by molar-refractivity contribution is 7.93. The number of halogens is 2. The molecule has 2 heterocycles. The molecule has 9 nitrogen and oxygen atoms in total. The molecule has 0 saturated heterocycles. The molecule has 0 aliphatic carbocycles. The summed E-state index contributed by atoms with van der Waals surface area (Å²) in [6.45, 7) is 3.68. The Hall–Kier alpha value is -3.31. The smallest absolute Gasteiger partial charge is 0.308 e. The van der Waals surface area contributed by atoms with Gasteiger partial charge in [-0.15, -0.1) is 5.10 Å². The zero-order valence-electron chi connectivity index (χ0n) is 19.6. The summed E-state index contributed by atoms with van der Waals surface area (Å²) in [5.74, 6) is -2.36. The molecule has 3 aromatic rings. The third-order valence-electron chi connectivity index (χ3n) is 5.84. The SMILES string of the molecule is CCOc1nn(CC)cc1S(=O)(=O)N1CC(C(=O)O)Cc2ccc(OCc3c(F)cccc3Cl)cc21. The van der Waals surface area contributed by atoms with Gasteiger partial charge in [0.1, 0.15) is 18.2 Å². The molecule has 1 aliphatic heterocycles. The van der Waals surface area contributed by atoms with Crippen molar-refractivity contribution in [2.45, 2.75) is 38.3 Å². The van der Waals surface area contributed by atoms with E-state index in [0.717, 1.165) is 4.31 Å². The molecule has 0 saturated carbocycles. The lowest BCUT2D eigenvalue weighted by Gasteiger charge is -2.33. The second kappa shape index (κ2) is 10.4. The van der Waals surface area contributed by atoms with Crippen molar-refractivity contribution in [3.63, 3.8) is 0 Å². The molecule has 12 heteroatoms. The quantitative estimate of drug-likeness (QED) is 0.437. The number of aliphatic carboxylic acids is 1. The van der Waals surface area contributed by atoms with Crippen molar-refractivity contribution in [1.29, 1.82) is 0 Å². The van der Waals surface area contributed by atoms with Crippen molar-refractivity contribution in [3.8, 4) is 11.6 Å². The number of aryl methyl sites for hydroxylation is 1. The van der Waals surface area contributed by atoms with Crippen LogP contribution in [0.25, 0.3) is 0 Å². The summed E-state index contributed by atoms with van der Waals surface area (Å²) in [6.07, 6.45) is 1.51. The Morgan fingerprint density at radius 1 is 1.25 bits per heavy atom. The number of benzene rings is 2. The Labute approximate surface area is 213 Å². The van der Waals surface area contributed by atoms with E-state index in [-0.39, 0.29) is 59.0 Å². The highest BCUT2D eigenvalue weighted by Gasteiger charge is 2.39. The van der Waals surface area contributed by atoms with Gasteiger partial charge in [-0.25, -0.2) is 12.8 Å². The second-order valence-electron chi connectivity index (χ2n) is 8.14. The number of hydrogen-bond acceptors (Lipinski definition) is 6. The summed E-state index contributed by atoms with van der Waals surface area (Å²) in [6, 6.07) is 9.00. The Morgan fingerprint density at radius 2 is 2.03 bits per heavy atom. The number of ether oxygens (including phenoxy) is 2. The Balaban J connectivity index is 1.74. The molecular weight excluding hydrogens is 513 g/mol. The van der Waals surface area contributed by atoms with Crippen LogP contribution in [0.5, 0.6) is 11.6 Å². The summed E-state index contributed by atoms with van der Waals surface area (Å²) in [4.78, 5) is 11.7. The van der Waals surface area contributed by atoms with Crippen LogP contribution in [-0.4, -0.2) is 42.4 Å². The van der Waals surface area contributed by atoms with E-state index in [9.17, 15) is 22.7 Å². The maximum Gasteiger partial charge on any atom is 0.308 e. The lowest BCUT2D eigenvalue weighted by molar-refractivity contribution is -0.141. The molecule has 4 rings (SSSR count). The van der Waals surface area contributed by atoms with Crippen LogP contribution in [0.2, 0.25) is 5.02 Å². The number of carbonyl (C=O) groups is 1. The molecular formula is C24H25ClFN3O6S. The standard InChI is InChI=1S/C24H25ClFN3O6S/c1-3-28-13-22(23(27-28)34-4-2)36(32,33)29-12-16(24(30)31)10-15-8-9-17(11-21(15)29)35-14-18-19(25)6-5-7-20(18)26/h5-9,11,13,16H,3-4,10,12,14H2,1-2H3,(H,30,31). The first kappa shape index (κ1) is 25.8. The summed E-state index contributed by atoms with van der Waals surface area (Å²) >= 11 is 6.08. The topological polar surface area (TPSA) is 111 Å². The van der Waals surface area contributed by atoms with Gasteiger partial charge in [0.2, 0.25) is 0 Å². The lowest BCUT2D eigenvalue weighted by Crippen LogP contribution is -2.42. The molecule has 1 aliphatic rings. The average Bonchev–Trinajstić information content (AvgIpc) is 3.27. The molecule has 36 heavy (non-hydrogen) atoms. The van der Waals surface area contributed by atoms with Crippen LogP contribution >= 0.6 is 11.6 Å². The van der Waals surface area contributed by atoms with Crippen LogP contribution < -0.4 is 13.8 Å². The molecule has 0 radical (unpaired) electrons. The molecule has 1 aromatic heterocycles. The van der Waals surface area contributed by atoms with Gasteiger partial charge in [0.05, 0.1) is 23.2 Å². The predicted molar refractivity (Wildman–Crippen MR) is 131 cm³/mol. The molecule has 0 spiro atoms. The van der Waals surface area contributed by atoms with Gasteiger partial charge in [-0.1, -0.05) is 23.7 Å². The highest BCUT2D eigenvalue weighted by Crippen LogP contribution is 2.38. The van der Waals surface area contributed by atoms with Gasteiger partial charge < -0.3 is 14.6 Å². The second-order valence-corrected chi connectivity index (χ2v) is 10.4. The van der Waals surface area contributed by atoms with Gasteiger partial charge in [0.25, 0.3) is 15.9 Å². The van der Waals surface area contributed by atoms with Gasteiger partial charge in [-0.3, -0.25) is 13.8 Å². The van der Waals surface area contributed by atoms with Crippen molar-refractivity contribution in [3.05, 3.63) is 64.6 Å². The minimum atomic E-state index is -4.26. The summed E-state index contributed by atoms with van der Waals surface area (Å²) < 4.78 is 55.5. The normalized spacial score (nSPS) is 15.4. The number of aromatic nitrogens is 2. The highest BCUT2D eigenvalue weighted by atomic mass is 35.5. The number of nitrogens with zero attached hydrogens (tertiary/aromatic N) is 3. The van der Waals surface area contributed by atoms with Crippen LogP contribution in [0.15, 0.2) is 47.5 Å². The van der Waals surface area contributed by atoms with Crippen LogP contribution in [0.1, 0.15) is 25.0 Å². The average molecular weight is 538 g/mol. The Morgan fingerprint density at radius 3 is 2.69 bits per heavy atom. The fraction of sp³-hybridized carbons (Fsp3) is 0.333. The zero-order chi connectivity index (χ0) is 26.0. The van der Waals surface area contributed by atoms with Gasteiger partial charge >= 0.3 is 5.97 Å². The van der Waals surface area contributed by atoms with Crippen LogP contribution in [0.3, 0.4) is 0 Å². The summed E-state index contributed by atoms with van der Waals surface area (Å²) in [5, 5.41) is 14.1. The third kappa shape index (κ3) is 4.98. The minimum Gasteiger partial charge on any atom is -0.489 e.